The van der Waals surface area contributed by atoms with Crippen LogP contribution in [-0.2, 0) is 24.1 Å². The van der Waals surface area contributed by atoms with Crippen LogP contribution in [0.3, 0.4) is 0 Å². The fourth-order valence-electron chi connectivity index (χ4n) is 2.82. The summed E-state index contributed by atoms with van der Waals surface area (Å²) in [5.74, 6) is 0.533. The summed E-state index contributed by atoms with van der Waals surface area (Å²) in [5.41, 5.74) is 0.838. The van der Waals surface area contributed by atoms with Crippen molar-refractivity contribution in [1.29, 1.82) is 0 Å². The van der Waals surface area contributed by atoms with Crippen LogP contribution in [0.2, 0.25) is 0 Å². The fraction of sp³-hybridized carbons (Fsp3) is 0.286. The van der Waals surface area contributed by atoms with Crippen LogP contribution in [0.5, 0.6) is 5.75 Å². The molecule has 1 aliphatic heterocycles. The molecule has 7 heteroatoms. The van der Waals surface area contributed by atoms with Gasteiger partial charge in [0, 0.05) is 13.1 Å². The third-order valence-electron chi connectivity index (χ3n) is 4.39. The van der Waals surface area contributed by atoms with Gasteiger partial charge in [-0.2, -0.15) is 13.2 Å². The number of rotatable bonds is 6. The molecule has 1 amide bonds. The van der Waals surface area contributed by atoms with E-state index in [1.165, 1.54) is 12.1 Å². The van der Waals surface area contributed by atoms with Gasteiger partial charge in [0.15, 0.2) is 0 Å². The lowest BCUT2D eigenvalue weighted by Crippen LogP contribution is -2.45. The minimum atomic E-state index is -4.35. The third-order valence-corrected chi connectivity index (χ3v) is 4.39. The fourth-order valence-corrected chi connectivity index (χ4v) is 2.82. The van der Waals surface area contributed by atoms with Crippen LogP contribution in [0.4, 0.5) is 13.2 Å². The first-order valence-corrected chi connectivity index (χ1v) is 8.96. The Morgan fingerprint density at radius 2 is 1.89 bits per heavy atom. The summed E-state index contributed by atoms with van der Waals surface area (Å²) >= 11 is 0. The minimum Gasteiger partial charge on any atom is -0.489 e. The number of amides is 1. The number of carbonyl (C=O) groups excluding carboxylic acids is 1. The summed E-state index contributed by atoms with van der Waals surface area (Å²) in [7, 11) is 0. The quantitative estimate of drug-likeness (QED) is 0.738. The number of ether oxygens (including phenoxy) is 1. The molecule has 0 saturated heterocycles. The average Bonchev–Trinajstić information content (AvgIpc) is 2.71. The van der Waals surface area contributed by atoms with Gasteiger partial charge in [-0.25, -0.2) is 0 Å². The van der Waals surface area contributed by atoms with E-state index in [-0.39, 0.29) is 18.6 Å². The second kappa shape index (κ2) is 8.93. The highest BCUT2D eigenvalue weighted by atomic mass is 19.4. The molecule has 0 aliphatic carbocycles. The maximum Gasteiger partial charge on any atom is 0.416 e. The van der Waals surface area contributed by atoms with E-state index in [0.29, 0.717) is 30.8 Å². The molecule has 28 heavy (non-hydrogen) atoms. The molecule has 4 nitrogen and oxygen atoms in total. The van der Waals surface area contributed by atoms with Crippen LogP contribution in [0.15, 0.2) is 60.7 Å². The molecular formula is C21H21F3N2O2. The van der Waals surface area contributed by atoms with Crippen molar-refractivity contribution < 1.29 is 22.7 Å². The van der Waals surface area contributed by atoms with Gasteiger partial charge in [0.2, 0.25) is 5.91 Å². The van der Waals surface area contributed by atoms with Gasteiger partial charge in [-0.15, -0.1) is 0 Å². The van der Waals surface area contributed by atoms with Gasteiger partial charge in [-0.1, -0.05) is 36.4 Å². The standard InChI is InChI=1S/C21H21F3N2O2/c22-21(23,24)17-9-7-15(8-10-17)14-28-18-5-3-4-16(12-18)13-26-20(27)19-6-1-2-11-25-19/h1-5,7-10,12,19,25H,6,11,13-14H2,(H,26,27)/t19-/m0/s1. The van der Waals surface area contributed by atoms with Crippen LogP contribution in [-0.4, -0.2) is 18.5 Å². The molecule has 0 aromatic heterocycles. The van der Waals surface area contributed by atoms with Crippen molar-refractivity contribution in [2.24, 2.45) is 0 Å². The monoisotopic (exact) mass is 390 g/mol. The molecule has 2 aromatic rings. The molecule has 0 spiro atoms. The number of carbonyl (C=O) groups is 1. The summed E-state index contributed by atoms with van der Waals surface area (Å²) < 4.78 is 43.4. The normalized spacial score (nSPS) is 16.6. The number of hydrogen-bond donors (Lipinski definition) is 2. The summed E-state index contributed by atoms with van der Waals surface area (Å²) in [6.07, 6.45) is 0.293. The first-order chi connectivity index (χ1) is 13.4. The Kier molecular flexibility index (Phi) is 6.36. The summed E-state index contributed by atoms with van der Waals surface area (Å²) in [5, 5.41) is 6.02. The topological polar surface area (TPSA) is 50.4 Å². The SMILES string of the molecule is O=C(NCc1cccc(OCc2ccc(C(F)(F)F)cc2)c1)[C@@H]1CC=CCN1. The van der Waals surface area contributed by atoms with Crippen molar-refractivity contribution >= 4 is 5.91 Å². The Labute approximate surface area is 161 Å². The Morgan fingerprint density at radius 1 is 1.11 bits per heavy atom. The predicted molar refractivity (Wildman–Crippen MR) is 99.6 cm³/mol. The smallest absolute Gasteiger partial charge is 0.416 e. The van der Waals surface area contributed by atoms with Gasteiger partial charge in [0.25, 0.3) is 0 Å². The van der Waals surface area contributed by atoms with Crippen LogP contribution >= 0.6 is 0 Å². The van der Waals surface area contributed by atoms with Crippen molar-refractivity contribution in [3.05, 3.63) is 77.4 Å². The lowest BCUT2D eigenvalue weighted by molar-refractivity contribution is -0.137. The third kappa shape index (κ3) is 5.60. The highest BCUT2D eigenvalue weighted by molar-refractivity contribution is 5.82. The predicted octanol–water partition coefficient (Wildman–Crippen LogP) is 3.82. The van der Waals surface area contributed by atoms with E-state index in [0.717, 1.165) is 17.7 Å². The van der Waals surface area contributed by atoms with Crippen LogP contribution in [0.1, 0.15) is 23.1 Å². The van der Waals surface area contributed by atoms with Crippen molar-refractivity contribution in [3.8, 4) is 5.75 Å². The molecule has 0 fully saturated rings. The zero-order chi connectivity index (χ0) is 20.0. The Balaban J connectivity index is 1.51. The maximum absolute atomic E-state index is 12.6. The summed E-state index contributed by atoms with van der Waals surface area (Å²) in [4.78, 5) is 12.1. The molecule has 0 saturated carbocycles. The van der Waals surface area contributed by atoms with E-state index < -0.39 is 11.7 Å². The largest absolute Gasteiger partial charge is 0.489 e. The van der Waals surface area contributed by atoms with Crippen molar-refractivity contribution in [3.63, 3.8) is 0 Å². The average molecular weight is 390 g/mol. The Bertz CT molecular complexity index is 832. The minimum absolute atomic E-state index is 0.0552. The zero-order valence-corrected chi connectivity index (χ0v) is 15.1. The number of nitrogens with one attached hydrogen (secondary N) is 2. The lowest BCUT2D eigenvalue weighted by atomic mass is 10.1. The number of halogens is 3. The zero-order valence-electron chi connectivity index (χ0n) is 15.1. The first-order valence-electron chi connectivity index (χ1n) is 8.96. The lowest BCUT2D eigenvalue weighted by Gasteiger charge is -2.19. The van der Waals surface area contributed by atoms with Gasteiger partial charge < -0.3 is 15.4 Å². The highest BCUT2D eigenvalue weighted by Gasteiger charge is 2.29. The molecule has 1 atom stereocenters. The van der Waals surface area contributed by atoms with Crippen molar-refractivity contribution in [2.45, 2.75) is 31.8 Å². The molecule has 1 aliphatic rings. The van der Waals surface area contributed by atoms with Crippen molar-refractivity contribution in [2.75, 3.05) is 6.54 Å². The van der Waals surface area contributed by atoms with Gasteiger partial charge >= 0.3 is 6.18 Å². The molecular weight excluding hydrogens is 369 g/mol. The summed E-state index contributed by atoms with van der Waals surface area (Å²) in [6, 6.07) is 11.9. The van der Waals surface area contributed by atoms with Crippen molar-refractivity contribution in [1.82, 2.24) is 10.6 Å². The molecule has 0 unspecified atom stereocenters. The molecule has 3 rings (SSSR count). The molecule has 148 valence electrons. The Hall–Kier alpha value is -2.80. The van der Waals surface area contributed by atoms with Gasteiger partial charge in [0.05, 0.1) is 11.6 Å². The summed E-state index contributed by atoms with van der Waals surface area (Å²) in [6.45, 7) is 1.22. The second-order valence-electron chi connectivity index (χ2n) is 6.52. The van der Waals surface area contributed by atoms with E-state index in [1.54, 1.807) is 12.1 Å². The number of benzene rings is 2. The number of hydrogen-bond acceptors (Lipinski definition) is 3. The van der Waals surface area contributed by atoms with Crippen LogP contribution < -0.4 is 15.4 Å². The second-order valence-corrected chi connectivity index (χ2v) is 6.52. The Morgan fingerprint density at radius 3 is 2.57 bits per heavy atom. The van der Waals surface area contributed by atoms with E-state index in [1.807, 2.05) is 24.3 Å². The molecule has 2 N–H and O–H groups in total. The van der Waals surface area contributed by atoms with Crippen LogP contribution in [0, 0.1) is 0 Å². The highest BCUT2D eigenvalue weighted by Crippen LogP contribution is 2.29. The van der Waals surface area contributed by atoms with Gasteiger partial charge in [-0.3, -0.25) is 4.79 Å². The molecule has 0 bridgehead atoms. The molecule has 2 aromatic carbocycles. The van der Waals surface area contributed by atoms with E-state index in [9.17, 15) is 18.0 Å². The molecule has 0 radical (unpaired) electrons. The van der Waals surface area contributed by atoms with Crippen LogP contribution in [0.25, 0.3) is 0 Å². The molecule has 1 heterocycles. The van der Waals surface area contributed by atoms with E-state index >= 15 is 0 Å². The van der Waals surface area contributed by atoms with E-state index in [4.69, 9.17) is 4.74 Å². The van der Waals surface area contributed by atoms with E-state index in [2.05, 4.69) is 10.6 Å². The first kappa shape index (κ1) is 19.9. The van der Waals surface area contributed by atoms with Gasteiger partial charge in [-0.05, 0) is 41.8 Å². The number of alkyl halides is 3. The maximum atomic E-state index is 12.6. The van der Waals surface area contributed by atoms with Gasteiger partial charge in [0.1, 0.15) is 12.4 Å².